The summed E-state index contributed by atoms with van der Waals surface area (Å²) in [6.07, 6.45) is 0.885. The van der Waals surface area contributed by atoms with E-state index in [1.165, 1.54) is 12.7 Å². The summed E-state index contributed by atoms with van der Waals surface area (Å²) in [6, 6.07) is 5.47. The molecule has 1 atom stereocenters. The van der Waals surface area contributed by atoms with Crippen molar-refractivity contribution in [2.75, 3.05) is 20.8 Å². The van der Waals surface area contributed by atoms with Crippen molar-refractivity contribution in [2.24, 2.45) is 0 Å². The molecule has 1 aromatic heterocycles. The lowest BCUT2D eigenvalue weighted by Crippen LogP contribution is -2.35. The third-order valence-electron chi connectivity index (χ3n) is 3.60. The van der Waals surface area contributed by atoms with E-state index in [1.54, 1.807) is 7.11 Å². The Bertz CT molecular complexity index is 639. The molecule has 5 nitrogen and oxygen atoms in total. The molecule has 1 unspecified atom stereocenters. The Morgan fingerprint density at radius 3 is 2.85 bits per heavy atom. The first kappa shape index (κ1) is 14.7. The molecular formula is C14H17ClN2O3. The van der Waals surface area contributed by atoms with Crippen LogP contribution in [0.4, 0.5) is 0 Å². The molecule has 1 aromatic carbocycles. The number of H-pyrrole nitrogens is 1. The zero-order valence-electron chi connectivity index (χ0n) is 11.4. The van der Waals surface area contributed by atoms with E-state index < -0.39 is 6.04 Å². The minimum Gasteiger partial charge on any atom is -0.497 e. The fourth-order valence-corrected chi connectivity index (χ4v) is 2.65. The molecule has 0 bridgehead atoms. The van der Waals surface area contributed by atoms with Crippen molar-refractivity contribution in [3.63, 3.8) is 0 Å². The molecule has 108 valence electrons. The van der Waals surface area contributed by atoms with E-state index in [2.05, 4.69) is 10.3 Å². The van der Waals surface area contributed by atoms with Crippen LogP contribution in [-0.4, -0.2) is 31.7 Å². The molecular weight excluding hydrogens is 280 g/mol. The highest BCUT2D eigenvalue weighted by molar-refractivity contribution is 5.89. The summed E-state index contributed by atoms with van der Waals surface area (Å²) in [5.41, 5.74) is 3.09. The minimum absolute atomic E-state index is 0. The lowest BCUT2D eigenvalue weighted by molar-refractivity contribution is -0.143. The molecule has 1 aliphatic rings. The van der Waals surface area contributed by atoms with E-state index in [0.717, 1.165) is 35.3 Å². The van der Waals surface area contributed by atoms with E-state index >= 15 is 0 Å². The van der Waals surface area contributed by atoms with E-state index in [0.29, 0.717) is 0 Å². The summed E-state index contributed by atoms with van der Waals surface area (Å²) in [5.74, 6) is 0.557. The fraction of sp³-hybridized carbons (Fsp3) is 0.357. The molecule has 20 heavy (non-hydrogen) atoms. The maximum Gasteiger partial charge on any atom is 0.329 e. The highest BCUT2D eigenvalue weighted by atomic mass is 35.5. The van der Waals surface area contributed by atoms with Gasteiger partial charge < -0.3 is 14.5 Å². The van der Waals surface area contributed by atoms with Gasteiger partial charge in [0.05, 0.1) is 14.2 Å². The third-order valence-corrected chi connectivity index (χ3v) is 3.60. The first-order valence-corrected chi connectivity index (χ1v) is 6.24. The van der Waals surface area contributed by atoms with Crippen LogP contribution >= 0.6 is 12.4 Å². The number of aromatic amines is 1. The van der Waals surface area contributed by atoms with Gasteiger partial charge in [-0.15, -0.1) is 12.4 Å². The van der Waals surface area contributed by atoms with Gasteiger partial charge in [-0.05, 0) is 30.2 Å². The second kappa shape index (κ2) is 5.73. The van der Waals surface area contributed by atoms with Gasteiger partial charge in [-0.3, -0.25) is 5.32 Å². The van der Waals surface area contributed by atoms with Crippen molar-refractivity contribution in [1.82, 2.24) is 10.3 Å². The zero-order valence-corrected chi connectivity index (χ0v) is 12.2. The van der Waals surface area contributed by atoms with Crippen LogP contribution in [0.5, 0.6) is 5.75 Å². The van der Waals surface area contributed by atoms with Crippen molar-refractivity contribution in [1.29, 1.82) is 0 Å². The summed E-state index contributed by atoms with van der Waals surface area (Å²) in [7, 11) is 3.06. The smallest absolute Gasteiger partial charge is 0.329 e. The molecule has 6 heteroatoms. The molecule has 2 heterocycles. The summed E-state index contributed by atoms with van der Waals surface area (Å²) in [6.45, 7) is 0.761. The topological polar surface area (TPSA) is 63.3 Å². The Balaban J connectivity index is 0.00000147. The Morgan fingerprint density at radius 2 is 2.15 bits per heavy atom. The Hall–Kier alpha value is -1.72. The average molecular weight is 297 g/mol. The quantitative estimate of drug-likeness (QED) is 0.832. The van der Waals surface area contributed by atoms with E-state index in [9.17, 15) is 4.79 Å². The highest BCUT2D eigenvalue weighted by Crippen LogP contribution is 2.32. The predicted octanol–water partition coefficient (Wildman–Crippen LogP) is 1.96. The van der Waals surface area contributed by atoms with Crippen molar-refractivity contribution >= 4 is 29.3 Å². The summed E-state index contributed by atoms with van der Waals surface area (Å²) in [4.78, 5) is 15.1. The van der Waals surface area contributed by atoms with Gasteiger partial charge in [0.1, 0.15) is 11.8 Å². The number of methoxy groups -OCH3 is 2. The van der Waals surface area contributed by atoms with Crippen LogP contribution in [0.15, 0.2) is 18.2 Å². The first-order chi connectivity index (χ1) is 9.24. The number of nitrogens with one attached hydrogen (secondary N) is 2. The SMILES string of the molecule is COC(=O)C1NCCc2c1[nH]c1ccc(OC)cc21.Cl. The maximum atomic E-state index is 11.8. The normalized spacial score (nSPS) is 17.2. The number of esters is 1. The molecule has 0 saturated heterocycles. The molecule has 3 rings (SSSR count). The van der Waals surface area contributed by atoms with E-state index in [4.69, 9.17) is 9.47 Å². The fourth-order valence-electron chi connectivity index (χ4n) is 2.65. The summed E-state index contributed by atoms with van der Waals surface area (Å²) in [5, 5.41) is 4.29. The van der Waals surface area contributed by atoms with E-state index in [1.807, 2.05) is 18.2 Å². The molecule has 1 aliphatic heterocycles. The minimum atomic E-state index is -0.410. The van der Waals surface area contributed by atoms with E-state index in [-0.39, 0.29) is 18.4 Å². The Kier molecular flexibility index (Phi) is 4.20. The number of carbonyl (C=O) groups is 1. The number of fused-ring (bicyclic) bond motifs is 3. The number of aromatic nitrogens is 1. The van der Waals surface area contributed by atoms with Crippen LogP contribution in [0.1, 0.15) is 17.3 Å². The lowest BCUT2D eigenvalue weighted by Gasteiger charge is -2.22. The Labute approximate surface area is 123 Å². The van der Waals surface area contributed by atoms with Gasteiger partial charge in [0.15, 0.2) is 0 Å². The lowest BCUT2D eigenvalue weighted by atomic mass is 9.99. The van der Waals surface area contributed by atoms with Gasteiger partial charge in [0.2, 0.25) is 0 Å². The van der Waals surface area contributed by atoms with Gasteiger partial charge in [0.25, 0.3) is 0 Å². The molecule has 2 N–H and O–H groups in total. The number of hydrogen-bond donors (Lipinski definition) is 2. The first-order valence-electron chi connectivity index (χ1n) is 6.24. The van der Waals surface area contributed by atoms with Crippen LogP contribution in [0.25, 0.3) is 10.9 Å². The van der Waals surface area contributed by atoms with Gasteiger partial charge in [0, 0.05) is 23.1 Å². The molecule has 2 aromatic rings. The number of hydrogen-bond acceptors (Lipinski definition) is 4. The number of halogens is 1. The molecule has 0 spiro atoms. The number of benzene rings is 1. The molecule has 0 saturated carbocycles. The van der Waals surface area contributed by atoms with Crippen LogP contribution in [0, 0.1) is 0 Å². The van der Waals surface area contributed by atoms with Crippen molar-refractivity contribution < 1.29 is 14.3 Å². The standard InChI is InChI=1S/C14H16N2O3.ClH/c1-18-8-3-4-11-10(7-8)9-5-6-15-13(12(9)16-11)14(17)19-2;/h3-4,7,13,15-16H,5-6H2,1-2H3;1H. The second-order valence-electron chi connectivity index (χ2n) is 4.59. The van der Waals surface area contributed by atoms with Gasteiger partial charge >= 0.3 is 5.97 Å². The van der Waals surface area contributed by atoms with Crippen LogP contribution in [0.3, 0.4) is 0 Å². The molecule has 0 radical (unpaired) electrons. The van der Waals surface area contributed by atoms with Crippen molar-refractivity contribution in [3.05, 3.63) is 29.5 Å². The number of ether oxygens (including phenoxy) is 2. The van der Waals surface area contributed by atoms with Crippen molar-refractivity contribution in [2.45, 2.75) is 12.5 Å². The average Bonchev–Trinajstić information content (AvgIpc) is 2.83. The summed E-state index contributed by atoms with van der Waals surface area (Å²) >= 11 is 0. The van der Waals surface area contributed by atoms with Crippen molar-refractivity contribution in [3.8, 4) is 5.75 Å². The molecule has 0 fully saturated rings. The van der Waals surface area contributed by atoms with Crippen LogP contribution < -0.4 is 10.1 Å². The largest absolute Gasteiger partial charge is 0.497 e. The molecule has 0 amide bonds. The second-order valence-corrected chi connectivity index (χ2v) is 4.59. The van der Waals surface area contributed by atoms with Crippen LogP contribution in [0.2, 0.25) is 0 Å². The molecule has 0 aliphatic carbocycles. The monoisotopic (exact) mass is 296 g/mol. The predicted molar refractivity (Wildman–Crippen MR) is 78.6 cm³/mol. The van der Waals surface area contributed by atoms with Gasteiger partial charge in [-0.2, -0.15) is 0 Å². The Morgan fingerprint density at radius 1 is 1.35 bits per heavy atom. The van der Waals surface area contributed by atoms with Crippen LogP contribution in [-0.2, 0) is 16.0 Å². The zero-order chi connectivity index (χ0) is 13.4. The summed E-state index contributed by atoms with van der Waals surface area (Å²) < 4.78 is 10.1. The third kappa shape index (κ3) is 2.23. The van der Waals surface area contributed by atoms with Gasteiger partial charge in [-0.25, -0.2) is 4.79 Å². The maximum absolute atomic E-state index is 11.8. The number of rotatable bonds is 2. The van der Waals surface area contributed by atoms with Gasteiger partial charge in [-0.1, -0.05) is 0 Å². The number of carbonyl (C=O) groups excluding carboxylic acids is 1. The highest BCUT2D eigenvalue weighted by Gasteiger charge is 2.29.